The second-order valence-corrected chi connectivity index (χ2v) is 24.1. The number of unbranched alkanes of at least 4 members (excludes halogenated alkanes) is 2. The first kappa shape index (κ1) is 50.5. The Morgan fingerprint density at radius 1 is 0.621 bits per heavy atom. The summed E-state index contributed by atoms with van der Waals surface area (Å²) in [6.45, 7) is 7.44. The zero-order chi connectivity index (χ0) is 49.2. The smallest absolute Gasteiger partial charge is 0.303 e. The molecule has 4 aromatic rings. The maximum absolute atomic E-state index is 12.5. The lowest BCUT2D eigenvalue weighted by atomic mass is 9.79. The van der Waals surface area contributed by atoms with Crippen molar-refractivity contribution in [2.45, 2.75) is 90.2 Å². The molecule has 0 aliphatic carbocycles. The van der Waals surface area contributed by atoms with Crippen molar-refractivity contribution in [2.75, 3.05) is 23.7 Å². The van der Waals surface area contributed by atoms with Crippen LogP contribution in [-0.4, -0.2) is 105 Å². The first-order valence-electron chi connectivity index (χ1n) is 20.0. The Hall–Kier alpha value is -4.89. The van der Waals surface area contributed by atoms with Gasteiger partial charge in [0.15, 0.2) is 5.71 Å². The van der Waals surface area contributed by atoms with E-state index in [-0.39, 0.29) is 40.9 Å². The van der Waals surface area contributed by atoms with Gasteiger partial charge in [0.05, 0.1) is 21.0 Å². The number of fused-ring (bicyclic) bond motifs is 6. The third-order valence-electron chi connectivity index (χ3n) is 11.7. The Balaban J connectivity index is 1.48. The van der Waals surface area contributed by atoms with Gasteiger partial charge in [0.25, 0.3) is 50.6 Å². The van der Waals surface area contributed by atoms with E-state index in [9.17, 15) is 69.6 Å². The van der Waals surface area contributed by atoms with Crippen LogP contribution in [0.15, 0.2) is 104 Å². The van der Waals surface area contributed by atoms with Crippen molar-refractivity contribution in [3.05, 3.63) is 95.7 Å². The summed E-state index contributed by atoms with van der Waals surface area (Å²) in [7, 11) is -24.4. The van der Waals surface area contributed by atoms with Gasteiger partial charge in [-0.05, 0) is 91.9 Å². The maximum atomic E-state index is 12.5. The summed E-state index contributed by atoms with van der Waals surface area (Å²) < 4.78 is 175. The van der Waals surface area contributed by atoms with E-state index in [0.29, 0.717) is 71.9 Å². The van der Waals surface area contributed by atoms with E-state index in [1.165, 1.54) is 18.2 Å². The van der Waals surface area contributed by atoms with Gasteiger partial charge >= 0.3 is 5.97 Å². The number of rotatable bonds is 17. The molecule has 0 saturated heterocycles. The van der Waals surface area contributed by atoms with Gasteiger partial charge < -0.3 is 10.0 Å². The lowest BCUT2D eigenvalue weighted by Crippen LogP contribution is -2.28. The number of anilines is 1. The number of aliphatic carboxylic acids is 1. The van der Waals surface area contributed by atoms with Crippen molar-refractivity contribution in [1.29, 1.82) is 0 Å². The summed E-state index contributed by atoms with van der Waals surface area (Å²) in [4.78, 5) is 9.82. The zero-order valence-electron chi connectivity index (χ0n) is 35.8. The minimum Gasteiger partial charge on any atom is -0.481 e. The van der Waals surface area contributed by atoms with Crippen LogP contribution < -0.4 is 4.90 Å². The fourth-order valence-corrected chi connectivity index (χ4v) is 12.1. The standard InChI is InChI=1S/C42H46N2O17S5/c1-41(2)36(43(19-10-6-9-14-38(45)46)32-17-15-28-30(39(32)41)22-26(63(50,51)52)24-34(28)65(56,57)58)12-7-5-8-13-37-42(3,4)40-31-23-27(64(53,54)55)25-35(66(59,60)61)29(31)16-18-33(40)44(37)20-11-21-62(47,48)49/h5,7-8,12-13,15-18,22-25H,6,9-11,14,19-21H2,1-4H3,(H5-,45,46,47,48,49,50,51,52,53,54,55,56,57,58,59,60,61)/p+1. The molecule has 0 atom stereocenters. The van der Waals surface area contributed by atoms with Gasteiger partial charge in [-0.2, -0.15) is 46.7 Å². The van der Waals surface area contributed by atoms with Crippen LogP contribution in [0.3, 0.4) is 0 Å². The molecular formula is C42H47N2O17S5+. The molecule has 66 heavy (non-hydrogen) atoms. The number of benzene rings is 4. The van der Waals surface area contributed by atoms with Crippen molar-refractivity contribution < 1.29 is 79.3 Å². The van der Waals surface area contributed by atoms with E-state index < -0.39 is 92.7 Å². The Bertz CT molecular complexity index is 3430. The van der Waals surface area contributed by atoms with Crippen LogP contribution in [-0.2, 0) is 66.2 Å². The number of hydrogen-bond acceptors (Lipinski definition) is 12. The topological polar surface area (TPSA) is 315 Å². The van der Waals surface area contributed by atoms with E-state index in [1.807, 2.05) is 18.4 Å². The second kappa shape index (κ2) is 17.6. The van der Waals surface area contributed by atoms with Gasteiger partial charge in [-0.1, -0.05) is 38.1 Å². The van der Waals surface area contributed by atoms with Crippen LogP contribution in [0.2, 0.25) is 0 Å². The SMILES string of the molecule is CC1(C)C(/C=C/C=C/C=C2/N(CCCS(=O)(=O)O)c3ccc4c(S(=O)(=O)O)cc(S(=O)(=O)O)cc4c3C2(C)C)=[N+](CCCCCC(=O)O)c2ccc3c(S(=O)(=O)O)cc(S(=O)(=O)O)cc3c21. The fourth-order valence-electron chi connectivity index (χ4n) is 8.97. The average Bonchev–Trinajstić information content (AvgIpc) is 3.52. The highest BCUT2D eigenvalue weighted by Crippen LogP contribution is 2.52. The van der Waals surface area contributed by atoms with Crippen molar-refractivity contribution in [3.63, 3.8) is 0 Å². The molecule has 0 radical (unpaired) electrons. The Labute approximate surface area is 382 Å². The Morgan fingerprint density at radius 2 is 1.17 bits per heavy atom. The molecule has 0 bridgehead atoms. The monoisotopic (exact) mass is 1010 g/mol. The minimum absolute atomic E-state index is 0.00126. The third kappa shape index (κ3) is 10.2. The summed E-state index contributed by atoms with van der Waals surface area (Å²) in [5.41, 5.74) is 0.858. The largest absolute Gasteiger partial charge is 0.481 e. The molecule has 24 heteroatoms. The number of nitrogens with zero attached hydrogens (tertiary/aromatic N) is 2. The third-order valence-corrected chi connectivity index (χ3v) is 16.0. The average molecular weight is 1010 g/mol. The summed E-state index contributed by atoms with van der Waals surface area (Å²) >= 11 is 0. The van der Waals surface area contributed by atoms with Gasteiger partial charge in [-0.15, -0.1) is 0 Å². The molecule has 2 aliphatic heterocycles. The van der Waals surface area contributed by atoms with Crippen molar-refractivity contribution in [2.24, 2.45) is 0 Å². The molecule has 4 aromatic carbocycles. The molecule has 19 nitrogen and oxygen atoms in total. The molecule has 356 valence electrons. The molecule has 0 saturated carbocycles. The van der Waals surface area contributed by atoms with Gasteiger partial charge in [0.1, 0.15) is 16.3 Å². The van der Waals surface area contributed by atoms with Crippen molar-refractivity contribution in [1.82, 2.24) is 0 Å². The Kier molecular flexibility index (Phi) is 13.5. The van der Waals surface area contributed by atoms with Gasteiger partial charge in [-0.25, -0.2) is 0 Å². The maximum Gasteiger partial charge on any atom is 0.303 e. The first-order valence-corrected chi connectivity index (χ1v) is 27.4. The molecule has 0 spiro atoms. The van der Waals surface area contributed by atoms with Crippen LogP contribution in [0.25, 0.3) is 21.5 Å². The van der Waals surface area contributed by atoms with E-state index in [1.54, 1.807) is 55.2 Å². The predicted molar refractivity (Wildman–Crippen MR) is 244 cm³/mol. The van der Waals surface area contributed by atoms with Crippen molar-refractivity contribution in [3.8, 4) is 0 Å². The number of carbonyl (C=O) groups is 1. The van der Waals surface area contributed by atoms with E-state index >= 15 is 0 Å². The summed E-state index contributed by atoms with van der Waals surface area (Å²) in [6.07, 6.45) is 9.70. The van der Waals surface area contributed by atoms with E-state index in [4.69, 9.17) is 5.11 Å². The predicted octanol–water partition coefficient (Wildman–Crippen LogP) is 6.07. The zero-order valence-corrected chi connectivity index (χ0v) is 39.9. The van der Waals surface area contributed by atoms with Crippen molar-refractivity contribution >= 4 is 95.2 Å². The molecule has 2 aliphatic rings. The number of hydrogen-bond donors (Lipinski definition) is 6. The first-order chi connectivity index (χ1) is 30.3. The lowest BCUT2D eigenvalue weighted by molar-refractivity contribution is -0.438. The van der Waals surface area contributed by atoms with Crippen LogP contribution in [0.1, 0.15) is 70.9 Å². The summed E-state index contributed by atoms with van der Waals surface area (Å²) in [6, 6.07) is 9.40. The van der Waals surface area contributed by atoms with Gasteiger partial charge in [-0.3, -0.25) is 27.6 Å². The molecular weight excluding hydrogens is 965 g/mol. The highest BCUT2D eigenvalue weighted by atomic mass is 32.2. The van der Waals surface area contributed by atoms with Crippen LogP contribution >= 0.6 is 0 Å². The van der Waals surface area contributed by atoms with Crippen LogP contribution in [0, 0.1) is 0 Å². The minimum atomic E-state index is -5.03. The fraction of sp³-hybridized carbons (Fsp3) is 0.333. The number of carboxylic acid groups (broad SMARTS) is 1. The van der Waals surface area contributed by atoms with Gasteiger partial charge in [0, 0.05) is 64.7 Å². The van der Waals surface area contributed by atoms with Crippen LogP contribution in [0.4, 0.5) is 11.4 Å². The quantitative estimate of drug-likeness (QED) is 0.0302. The molecule has 0 aromatic heterocycles. The highest BCUT2D eigenvalue weighted by Gasteiger charge is 2.46. The van der Waals surface area contributed by atoms with Gasteiger partial charge in [0.2, 0.25) is 5.69 Å². The molecule has 0 unspecified atom stereocenters. The molecule has 0 fully saturated rings. The number of carboxylic acids is 1. The lowest BCUT2D eigenvalue weighted by Gasteiger charge is -2.27. The molecule has 0 amide bonds. The van der Waals surface area contributed by atoms with Crippen LogP contribution in [0.5, 0.6) is 0 Å². The normalized spacial score (nSPS) is 17.2. The van der Waals surface area contributed by atoms with E-state index in [2.05, 4.69) is 0 Å². The van der Waals surface area contributed by atoms with E-state index in [0.717, 1.165) is 12.1 Å². The second-order valence-electron chi connectivity index (χ2n) is 16.9. The number of allylic oxidation sites excluding steroid dienone is 6. The molecule has 6 rings (SSSR count). The molecule has 2 heterocycles. The Morgan fingerprint density at radius 3 is 1.68 bits per heavy atom. The summed E-state index contributed by atoms with van der Waals surface area (Å²) in [5, 5.41) is 9.27. The highest BCUT2D eigenvalue weighted by molar-refractivity contribution is 7.87. The molecule has 6 N–H and O–H groups in total. The summed E-state index contributed by atoms with van der Waals surface area (Å²) in [5.74, 6) is -1.57.